The number of carboxylic acids is 1. The number of nitrogens with zero attached hydrogens (tertiary/aromatic N) is 2. The van der Waals surface area contributed by atoms with E-state index in [2.05, 4.69) is 27.2 Å². The van der Waals surface area contributed by atoms with Crippen molar-refractivity contribution in [2.45, 2.75) is 6.42 Å². The highest BCUT2D eigenvalue weighted by molar-refractivity contribution is 5.93. The van der Waals surface area contributed by atoms with E-state index in [-0.39, 0.29) is 12.3 Å². The number of rotatable bonds is 7. The second-order valence-electron chi connectivity index (χ2n) is 7.77. The van der Waals surface area contributed by atoms with Crippen LogP contribution in [0.15, 0.2) is 48.5 Å². The summed E-state index contributed by atoms with van der Waals surface area (Å²) in [7, 11) is 0. The molecule has 2 N–H and O–H groups in total. The van der Waals surface area contributed by atoms with E-state index in [1.807, 2.05) is 18.2 Å². The van der Waals surface area contributed by atoms with Crippen molar-refractivity contribution >= 4 is 23.3 Å². The quantitative estimate of drug-likeness (QED) is 0.703. The van der Waals surface area contributed by atoms with Crippen LogP contribution in [0.3, 0.4) is 0 Å². The van der Waals surface area contributed by atoms with Crippen molar-refractivity contribution in [2.24, 2.45) is 5.92 Å². The number of nitrogens with one attached hydrogen (secondary N) is 1. The van der Waals surface area contributed by atoms with Gasteiger partial charge >= 0.3 is 5.97 Å². The molecule has 2 aliphatic rings. The molecule has 1 atom stereocenters. The number of piperazine rings is 1. The number of fused-ring (bicyclic) bond motifs is 1. The molecule has 1 fully saturated rings. The van der Waals surface area contributed by atoms with Gasteiger partial charge in [-0.2, -0.15) is 0 Å². The summed E-state index contributed by atoms with van der Waals surface area (Å²) < 4.78 is 11.0. The van der Waals surface area contributed by atoms with Crippen LogP contribution in [0.5, 0.6) is 11.5 Å². The van der Waals surface area contributed by atoms with Gasteiger partial charge < -0.3 is 24.8 Å². The van der Waals surface area contributed by atoms with Gasteiger partial charge in [0.2, 0.25) is 5.91 Å². The van der Waals surface area contributed by atoms with E-state index in [0.29, 0.717) is 36.9 Å². The highest BCUT2D eigenvalue weighted by Gasteiger charge is 2.26. The topological polar surface area (TPSA) is 91.3 Å². The number of carbonyl (C=O) groups excluding carboxylic acids is 1. The third kappa shape index (κ3) is 5.46. The highest BCUT2D eigenvalue weighted by atomic mass is 16.6. The number of hydrogen-bond donors (Lipinski definition) is 2. The molecule has 8 nitrogen and oxygen atoms in total. The first-order valence-corrected chi connectivity index (χ1v) is 10.5. The lowest BCUT2D eigenvalue weighted by molar-refractivity contribution is -0.144. The van der Waals surface area contributed by atoms with E-state index in [1.54, 1.807) is 18.2 Å². The number of amides is 1. The number of para-hydroxylation sites is 1. The lowest BCUT2D eigenvalue weighted by atomic mass is 10.0. The van der Waals surface area contributed by atoms with Gasteiger partial charge in [0.25, 0.3) is 0 Å². The van der Waals surface area contributed by atoms with Gasteiger partial charge in [0, 0.05) is 56.6 Å². The molecule has 4 rings (SSSR count). The summed E-state index contributed by atoms with van der Waals surface area (Å²) in [6.07, 6.45) is -0.0807. The van der Waals surface area contributed by atoms with Crippen LogP contribution < -0.4 is 19.7 Å². The Hall–Kier alpha value is -3.26. The third-order valence-electron chi connectivity index (χ3n) is 5.58. The molecule has 0 saturated carbocycles. The molecule has 0 unspecified atom stereocenters. The number of ether oxygens (including phenoxy) is 2. The van der Waals surface area contributed by atoms with Crippen LogP contribution in [0.2, 0.25) is 0 Å². The Kier molecular flexibility index (Phi) is 6.57. The van der Waals surface area contributed by atoms with Crippen LogP contribution in [0.4, 0.5) is 11.4 Å². The molecular formula is C23H27N3O5. The normalized spacial score (nSPS) is 17.1. The van der Waals surface area contributed by atoms with Crippen molar-refractivity contribution < 1.29 is 24.2 Å². The van der Waals surface area contributed by atoms with Crippen molar-refractivity contribution in [1.29, 1.82) is 0 Å². The predicted octanol–water partition coefficient (Wildman–Crippen LogP) is 2.31. The minimum absolute atomic E-state index is 0.0807. The lowest BCUT2D eigenvalue weighted by Gasteiger charge is -2.37. The van der Waals surface area contributed by atoms with E-state index in [4.69, 9.17) is 9.47 Å². The molecule has 8 heteroatoms. The standard InChI is InChI=1S/C23H27N3O5/c27-22(24-18-6-7-20-21(15-18)31-13-12-30-20)14-17(23(28)29)16-25-8-10-26(11-9-25)19-4-2-1-3-5-19/h1-7,15,17H,8-14,16H2,(H,24,27)(H,28,29)/t17-/m1/s1. The number of carbonyl (C=O) groups is 2. The van der Waals surface area contributed by atoms with Crippen LogP contribution >= 0.6 is 0 Å². The second-order valence-corrected chi connectivity index (χ2v) is 7.77. The van der Waals surface area contributed by atoms with E-state index in [1.165, 1.54) is 5.69 Å². The zero-order valence-electron chi connectivity index (χ0n) is 17.3. The Bertz CT molecular complexity index is 913. The maximum absolute atomic E-state index is 12.5. The Labute approximate surface area is 181 Å². The van der Waals surface area contributed by atoms with Gasteiger partial charge in [-0.3, -0.25) is 14.5 Å². The fourth-order valence-corrected chi connectivity index (χ4v) is 3.93. The van der Waals surface area contributed by atoms with E-state index in [0.717, 1.165) is 26.2 Å². The van der Waals surface area contributed by atoms with Crippen LogP contribution in [-0.2, 0) is 9.59 Å². The Morgan fingerprint density at radius 2 is 1.68 bits per heavy atom. The molecule has 2 heterocycles. The van der Waals surface area contributed by atoms with E-state index >= 15 is 0 Å². The maximum Gasteiger partial charge on any atom is 0.308 e. The summed E-state index contributed by atoms with van der Waals surface area (Å²) in [5, 5.41) is 12.4. The smallest absolute Gasteiger partial charge is 0.308 e. The van der Waals surface area contributed by atoms with E-state index in [9.17, 15) is 14.7 Å². The molecule has 0 aromatic heterocycles. The van der Waals surface area contributed by atoms with Crippen molar-refractivity contribution in [1.82, 2.24) is 4.90 Å². The van der Waals surface area contributed by atoms with Crippen molar-refractivity contribution in [3.8, 4) is 11.5 Å². The van der Waals surface area contributed by atoms with Crippen LogP contribution in [0.25, 0.3) is 0 Å². The van der Waals surface area contributed by atoms with Gasteiger partial charge in [-0.15, -0.1) is 0 Å². The third-order valence-corrected chi connectivity index (χ3v) is 5.58. The summed E-state index contributed by atoms with van der Waals surface area (Å²) in [6.45, 7) is 4.51. The average Bonchev–Trinajstić information content (AvgIpc) is 2.79. The minimum Gasteiger partial charge on any atom is -0.486 e. The first-order valence-electron chi connectivity index (χ1n) is 10.5. The van der Waals surface area contributed by atoms with Crippen molar-refractivity contribution in [2.75, 3.05) is 56.2 Å². The Morgan fingerprint density at radius 3 is 2.39 bits per heavy atom. The largest absolute Gasteiger partial charge is 0.486 e. The zero-order chi connectivity index (χ0) is 21.6. The lowest BCUT2D eigenvalue weighted by Crippen LogP contribution is -2.48. The summed E-state index contributed by atoms with van der Waals surface area (Å²) in [6, 6.07) is 15.4. The molecule has 0 radical (unpaired) electrons. The van der Waals surface area contributed by atoms with Gasteiger partial charge in [0.05, 0.1) is 5.92 Å². The minimum atomic E-state index is -0.956. The van der Waals surface area contributed by atoms with Crippen LogP contribution in [-0.4, -0.2) is 67.8 Å². The molecule has 2 aromatic rings. The number of carboxylic acid groups (broad SMARTS) is 1. The van der Waals surface area contributed by atoms with E-state index < -0.39 is 11.9 Å². The molecule has 164 valence electrons. The molecule has 0 bridgehead atoms. The molecule has 2 aromatic carbocycles. The summed E-state index contributed by atoms with van der Waals surface area (Å²) >= 11 is 0. The molecule has 1 saturated heterocycles. The summed E-state index contributed by atoms with van der Waals surface area (Å²) in [4.78, 5) is 28.7. The monoisotopic (exact) mass is 425 g/mol. The number of benzene rings is 2. The zero-order valence-corrected chi connectivity index (χ0v) is 17.3. The summed E-state index contributed by atoms with van der Waals surface area (Å²) in [5.74, 6) is -0.826. The average molecular weight is 425 g/mol. The molecule has 0 aliphatic carbocycles. The van der Waals surface area contributed by atoms with Crippen molar-refractivity contribution in [3.63, 3.8) is 0 Å². The predicted molar refractivity (Wildman–Crippen MR) is 117 cm³/mol. The molecular weight excluding hydrogens is 398 g/mol. The number of anilines is 2. The molecule has 1 amide bonds. The van der Waals surface area contributed by atoms with Gasteiger partial charge in [0.1, 0.15) is 13.2 Å². The Balaban J connectivity index is 1.29. The first-order chi connectivity index (χ1) is 15.1. The number of hydrogen-bond acceptors (Lipinski definition) is 6. The van der Waals surface area contributed by atoms with Gasteiger partial charge in [-0.1, -0.05) is 18.2 Å². The van der Waals surface area contributed by atoms with Gasteiger partial charge in [0.15, 0.2) is 11.5 Å². The molecule has 0 spiro atoms. The van der Waals surface area contributed by atoms with Gasteiger partial charge in [-0.25, -0.2) is 0 Å². The van der Waals surface area contributed by atoms with Crippen LogP contribution in [0.1, 0.15) is 6.42 Å². The second kappa shape index (κ2) is 9.70. The maximum atomic E-state index is 12.5. The van der Waals surface area contributed by atoms with Gasteiger partial charge in [-0.05, 0) is 24.3 Å². The van der Waals surface area contributed by atoms with Crippen molar-refractivity contribution in [3.05, 3.63) is 48.5 Å². The van der Waals surface area contributed by atoms with Crippen LogP contribution in [0, 0.1) is 5.92 Å². The Morgan fingerprint density at radius 1 is 0.968 bits per heavy atom. The molecule has 31 heavy (non-hydrogen) atoms. The molecule has 2 aliphatic heterocycles. The SMILES string of the molecule is O=C(C[C@H](CN1CCN(c2ccccc2)CC1)C(=O)O)Nc1ccc2c(c1)OCCO2. The fraction of sp³-hybridized carbons (Fsp3) is 0.391. The fourth-order valence-electron chi connectivity index (χ4n) is 3.93. The first kappa shape index (κ1) is 21.0. The summed E-state index contributed by atoms with van der Waals surface area (Å²) in [5.41, 5.74) is 1.74. The number of aliphatic carboxylic acids is 1. The highest BCUT2D eigenvalue weighted by Crippen LogP contribution is 2.32.